The van der Waals surface area contributed by atoms with Gasteiger partial charge in [-0.2, -0.15) is 15.0 Å². The van der Waals surface area contributed by atoms with Crippen LogP contribution in [0, 0.1) is 0 Å². The van der Waals surface area contributed by atoms with Crippen LogP contribution in [0.3, 0.4) is 0 Å². The number of benzene rings is 2. The Morgan fingerprint density at radius 2 is 1.78 bits per heavy atom. The number of nitrogens with one attached hydrogen (secondary N) is 1. The smallest absolute Gasteiger partial charge is 0.232 e. The monoisotopic (exact) mass is 362 g/mol. The summed E-state index contributed by atoms with van der Waals surface area (Å²) in [5.41, 5.74) is 8.85. The van der Waals surface area contributed by atoms with Crippen molar-refractivity contribution in [3.8, 4) is 0 Å². The van der Waals surface area contributed by atoms with E-state index in [1.807, 2.05) is 42.5 Å². The quantitative estimate of drug-likeness (QED) is 0.489. The molecule has 1 heterocycles. The minimum Gasteiger partial charge on any atom is -0.388 e. The summed E-state index contributed by atoms with van der Waals surface area (Å²) in [5.74, 6) is 1.38. The lowest BCUT2D eigenvalue weighted by Gasteiger charge is -2.06. The zero-order valence-corrected chi connectivity index (χ0v) is 15.3. The summed E-state index contributed by atoms with van der Waals surface area (Å²) >= 11 is 0. The van der Waals surface area contributed by atoms with Gasteiger partial charge in [0.1, 0.15) is 0 Å². The number of para-hydroxylation sites is 1. The number of hydrogen-bond donors (Lipinski definition) is 2. The zero-order chi connectivity index (χ0) is 19.1. The summed E-state index contributed by atoms with van der Waals surface area (Å²) in [5, 5.41) is 7.05. The Hall–Kier alpha value is -3.48. The fraction of sp³-hybridized carbons (Fsp3) is 0.200. The van der Waals surface area contributed by atoms with E-state index in [1.165, 1.54) is 5.56 Å². The van der Waals surface area contributed by atoms with Gasteiger partial charge in [0.25, 0.3) is 0 Å². The number of nitrogens with zero attached hydrogens (tertiary/aromatic N) is 4. The van der Waals surface area contributed by atoms with E-state index in [1.54, 1.807) is 6.21 Å². The number of nitrogen functional groups attached to an aromatic ring is 1. The van der Waals surface area contributed by atoms with Crippen LogP contribution in [0.5, 0.6) is 0 Å². The summed E-state index contributed by atoms with van der Waals surface area (Å²) in [6.45, 7) is 4.41. The summed E-state index contributed by atoms with van der Waals surface area (Å²) in [6.07, 6.45) is 1.65. The SMILES string of the molecule is CC(C)c1ccc(/C=N\OCc2nc(N)nc(Nc3ccccc3)n2)cc1. The number of hydrogen-bond acceptors (Lipinski definition) is 7. The lowest BCUT2D eigenvalue weighted by Crippen LogP contribution is -2.07. The zero-order valence-electron chi connectivity index (χ0n) is 15.3. The predicted molar refractivity (Wildman–Crippen MR) is 107 cm³/mol. The number of rotatable bonds is 7. The van der Waals surface area contributed by atoms with Crippen molar-refractivity contribution in [1.82, 2.24) is 15.0 Å². The van der Waals surface area contributed by atoms with Crippen LogP contribution >= 0.6 is 0 Å². The first-order valence-electron chi connectivity index (χ1n) is 8.68. The van der Waals surface area contributed by atoms with E-state index in [4.69, 9.17) is 10.6 Å². The molecule has 1 aromatic heterocycles. The van der Waals surface area contributed by atoms with E-state index >= 15 is 0 Å². The van der Waals surface area contributed by atoms with Gasteiger partial charge in [-0.05, 0) is 29.2 Å². The molecule has 3 N–H and O–H groups in total. The van der Waals surface area contributed by atoms with E-state index in [0.29, 0.717) is 17.7 Å². The fourth-order valence-corrected chi connectivity index (χ4v) is 2.37. The summed E-state index contributed by atoms with van der Waals surface area (Å²) in [4.78, 5) is 17.7. The summed E-state index contributed by atoms with van der Waals surface area (Å²) in [7, 11) is 0. The van der Waals surface area contributed by atoms with Crippen molar-refractivity contribution < 1.29 is 4.84 Å². The van der Waals surface area contributed by atoms with E-state index < -0.39 is 0 Å². The second-order valence-corrected chi connectivity index (χ2v) is 6.25. The Morgan fingerprint density at radius 1 is 1.04 bits per heavy atom. The second-order valence-electron chi connectivity index (χ2n) is 6.25. The maximum atomic E-state index is 5.75. The van der Waals surface area contributed by atoms with Gasteiger partial charge in [-0.25, -0.2) is 0 Å². The molecule has 0 atom stereocenters. The van der Waals surface area contributed by atoms with Crippen LogP contribution in [0.2, 0.25) is 0 Å². The molecule has 0 aliphatic carbocycles. The van der Waals surface area contributed by atoms with Gasteiger partial charge in [0, 0.05) is 5.69 Å². The first-order valence-corrected chi connectivity index (χ1v) is 8.68. The topological polar surface area (TPSA) is 98.3 Å². The molecule has 0 saturated carbocycles. The standard InChI is InChI=1S/C20H22N6O/c1-14(2)16-10-8-15(9-11-16)12-22-27-13-18-24-19(21)26-20(25-18)23-17-6-4-3-5-7-17/h3-12,14H,13H2,1-2H3,(H3,21,23,24,25,26)/b22-12-. The Balaban J connectivity index is 1.59. The number of aromatic nitrogens is 3. The Kier molecular flexibility index (Phi) is 5.94. The molecular weight excluding hydrogens is 340 g/mol. The molecule has 3 rings (SSSR count). The largest absolute Gasteiger partial charge is 0.388 e. The Bertz CT molecular complexity index is 894. The predicted octanol–water partition coefficient (Wildman–Crippen LogP) is 3.87. The highest BCUT2D eigenvalue weighted by Gasteiger charge is 2.05. The lowest BCUT2D eigenvalue weighted by molar-refractivity contribution is 0.126. The molecule has 0 saturated heterocycles. The summed E-state index contributed by atoms with van der Waals surface area (Å²) < 4.78 is 0. The molecular formula is C20H22N6O. The third kappa shape index (κ3) is 5.50. The van der Waals surface area contributed by atoms with E-state index in [2.05, 4.69) is 51.4 Å². The van der Waals surface area contributed by atoms with Crippen molar-refractivity contribution in [2.75, 3.05) is 11.1 Å². The number of anilines is 3. The summed E-state index contributed by atoms with van der Waals surface area (Å²) in [6, 6.07) is 17.8. The average Bonchev–Trinajstić information content (AvgIpc) is 2.66. The molecule has 3 aromatic rings. The molecule has 7 nitrogen and oxygen atoms in total. The minimum atomic E-state index is 0.0940. The number of nitrogens with two attached hydrogens (primary N) is 1. The third-order valence-electron chi connectivity index (χ3n) is 3.80. The van der Waals surface area contributed by atoms with Gasteiger partial charge in [-0.15, -0.1) is 0 Å². The van der Waals surface area contributed by atoms with Gasteiger partial charge < -0.3 is 15.9 Å². The van der Waals surface area contributed by atoms with Crippen LogP contribution in [0.15, 0.2) is 59.8 Å². The minimum absolute atomic E-state index is 0.0940. The highest BCUT2D eigenvalue weighted by atomic mass is 16.6. The van der Waals surface area contributed by atoms with Gasteiger partial charge >= 0.3 is 0 Å². The normalized spacial score (nSPS) is 11.1. The van der Waals surface area contributed by atoms with Gasteiger partial charge in [0.05, 0.1) is 6.21 Å². The van der Waals surface area contributed by atoms with Crippen LogP contribution < -0.4 is 11.1 Å². The number of oxime groups is 1. The Labute approximate surface area is 158 Å². The first kappa shape index (κ1) is 18.3. The molecule has 0 amide bonds. The van der Waals surface area contributed by atoms with Crippen LogP contribution in [0.4, 0.5) is 17.6 Å². The van der Waals surface area contributed by atoms with Gasteiger partial charge in [-0.3, -0.25) is 0 Å². The van der Waals surface area contributed by atoms with Crippen molar-refractivity contribution in [2.45, 2.75) is 26.4 Å². The molecule has 0 fully saturated rings. The molecule has 0 aliphatic rings. The van der Waals surface area contributed by atoms with Crippen LogP contribution in [0.1, 0.15) is 36.7 Å². The second kappa shape index (κ2) is 8.75. The average molecular weight is 362 g/mol. The highest BCUT2D eigenvalue weighted by molar-refractivity contribution is 5.79. The molecule has 0 bridgehead atoms. The van der Waals surface area contributed by atoms with Crippen LogP contribution in [-0.4, -0.2) is 21.2 Å². The molecule has 0 unspecified atom stereocenters. The van der Waals surface area contributed by atoms with Crippen LogP contribution in [-0.2, 0) is 11.4 Å². The van der Waals surface area contributed by atoms with Crippen LogP contribution in [0.25, 0.3) is 0 Å². The third-order valence-corrected chi connectivity index (χ3v) is 3.80. The van der Waals surface area contributed by atoms with E-state index in [-0.39, 0.29) is 12.6 Å². The first-order chi connectivity index (χ1) is 13.1. The van der Waals surface area contributed by atoms with Gasteiger partial charge in [-0.1, -0.05) is 61.5 Å². The molecule has 27 heavy (non-hydrogen) atoms. The lowest BCUT2D eigenvalue weighted by atomic mass is 10.0. The van der Waals surface area contributed by atoms with Crippen molar-refractivity contribution in [3.63, 3.8) is 0 Å². The van der Waals surface area contributed by atoms with Gasteiger partial charge in [0.2, 0.25) is 11.9 Å². The molecule has 2 aromatic carbocycles. The van der Waals surface area contributed by atoms with Crippen molar-refractivity contribution in [3.05, 3.63) is 71.5 Å². The molecule has 7 heteroatoms. The maximum absolute atomic E-state index is 5.75. The molecule has 138 valence electrons. The highest BCUT2D eigenvalue weighted by Crippen LogP contribution is 2.14. The fourth-order valence-electron chi connectivity index (χ4n) is 2.37. The van der Waals surface area contributed by atoms with E-state index in [9.17, 15) is 0 Å². The maximum Gasteiger partial charge on any atom is 0.232 e. The molecule has 0 spiro atoms. The van der Waals surface area contributed by atoms with E-state index in [0.717, 1.165) is 11.3 Å². The van der Waals surface area contributed by atoms with Gasteiger partial charge in [0.15, 0.2) is 12.4 Å². The molecule has 0 aliphatic heterocycles. The Morgan fingerprint density at radius 3 is 2.48 bits per heavy atom. The molecule has 0 radical (unpaired) electrons. The van der Waals surface area contributed by atoms with Crippen molar-refractivity contribution >= 4 is 23.8 Å². The van der Waals surface area contributed by atoms with Crippen molar-refractivity contribution in [1.29, 1.82) is 0 Å². The van der Waals surface area contributed by atoms with Crippen molar-refractivity contribution in [2.24, 2.45) is 5.16 Å².